The number of oxazole rings is 1. The minimum absolute atomic E-state index is 0. The van der Waals surface area contributed by atoms with Crippen molar-refractivity contribution in [3.63, 3.8) is 0 Å². The Morgan fingerprint density at radius 3 is 2.77 bits per heavy atom. The monoisotopic (exact) mass is 463 g/mol. The van der Waals surface area contributed by atoms with Crippen LogP contribution < -0.4 is 5.73 Å². The molecule has 144 valence electrons. The molecule has 1 atom stereocenters. The molecular weight excluding hydrogens is 441 g/mol. The quantitative estimate of drug-likeness (QED) is 0.723. The number of nitrogens with two attached hydrogens (primary N) is 1. The van der Waals surface area contributed by atoms with Gasteiger partial charge in [-0.25, -0.2) is 4.98 Å². The molecule has 5 nitrogen and oxygen atoms in total. The lowest BCUT2D eigenvalue weighted by atomic mass is 9.90. The molecule has 2 heterocycles. The van der Waals surface area contributed by atoms with Crippen LogP contribution in [-0.2, 0) is 11.2 Å². The van der Waals surface area contributed by atoms with Crippen LogP contribution in [0.15, 0.2) is 39.4 Å². The van der Waals surface area contributed by atoms with Gasteiger partial charge in [0.25, 0.3) is 0 Å². The van der Waals surface area contributed by atoms with Crippen molar-refractivity contribution in [1.82, 2.24) is 9.88 Å². The summed E-state index contributed by atoms with van der Waals surface area (Å²) in [6.45, 7) is 4.29. The molecular formula is C18H24BrCl2N3O2. The summed E-state index contributed by atoms with van der Waals surface area (Å²) in [6, 6.07) is 7.84. The molecule has 1 aromatic heterocycles. The maximum Gasteiger partial charge on any atom is 0.223 e. The van der Waals surface area contributed by atoms with Crippen molar-refractivity contribution < 1.29 is 9.21 Å². The second kappa shape index (κ2) is 9.74. The molecule has 0 bridgehead atoms. The Hall–Kier alpha value is -1.08. The fraction of sp³-hybridized carbons (Fsp3) is 0.444. The van der Waals surface area contributed by atoms with Crippen molar-refractivity contribution in [2.24, 2.45) is 11.1 Å². The van der Waals surface area contributed by atoms with Gasteiger partial charge in [0.1, 0.15) is 0 Å². The second-order valence-electron chi connectivity index (χ2n) is 6.68. The summed E-state index contributed by atoms with van der Waals surface area (Å²) in [7, 11) is 0. The van der Waals surface area contributed by atoms with Crippen LogP contribution in [0, 0.1) is 5.41 Å². The molecule has 0 saturated carbocycles. The zero-order valence-corrected chi connectivity index (χ0v) is 17.8. The van der Waals surface area contributed by atoms with Gasteiger partial charge in [-0.15, -0.1) is 24.8 Å². The first kappa shape index (κ1) is 23.0. The minimum atomic E-state index is 0. The van der Waals surface area contributed by atoms with Gasteiger partial charge in [0.2, 0.25) is 5.91 Å². The van der Waals surface area contributed by atoms with Crippen molar-refractivity contribution in [3.8, 4) is 11.3 Å². The van der Waals surface area contributed by atoms with Gasteiger partial charge < -0.3 is 15.1 Å². The van der Waals surface area contributed by atoms with Crippen LogP contribution in [0.1, 0.15) is 25.7 Å². The smallest absolute Gasteiger partial charge is 0.223 e. The van der Waals surface area contributed by atoms with E-state index in [2.05, 4.69) is 27.8 Å². The van der Waals surface area contributed by atoms with E-state index in [9.17, 15) is 4.79 Å². The fourth-order valence-electron chi connectivity index (χ4n) is 2.99. The van der Waals surface area contributed by atoms with Gasteiger partial charge in [0, 0.05) is 36.0 Å². The third-order valence-corrected chi connectivity index (χ3v) is 5.34. The van der Waals surface area contributed by atoms with Crippen molar-refractivity contribution in [2.45, 2.75) is 26.2 Å². The van der Waals surface area contributed by atoms with Gasteiger partial charge in [-0.2, -0.15) is 0 Å². The van der Waals surface area contributed by atoms with Gasteiger partial charge in [-0.1, -0.05) is 41.1 Å². The standard InChI is InChI=1S/C18H22BrN3O2.2ClH/c1-18(11-20)8-9-22(12-18)17(23)7-6-16-21-10-15(24-16)13-4-2-3-5-14(13)19;;/h2-5,10H,6-9,11-12,20H2,1H3;2*1H. The molecule has 2 aromatic rings. The molecule has 3 rings (SSSR count). The highest BCUT2D eigenvalue weighted by Crippen LogP contribution is 2.30. The number of aryl methyl sites for hydroxylation is 1. The molecule has 0 radical (unpaired) electrons. The summed E-state index contributed by atoms with van der Waals surface area (Å²) in [4.78, 5) is 18.6. The van der Waals surface area contributed by atoms with Crippen LogP contribution in [0.2, 0.25) is 0 Å². The Balaban J connectivity index is 0.00000169. The summed E-state index contributed by atoms with van der Waals surface area (Å²) in [5, 5.41) is 0. The third kappa shape index (κ3) is 5.22. The van der Waals surface area contributed by atoms with E-state index in [1.54, 1.807) is 6.20 Å². The molecule has 26 heavy (non-hydrogen) atoms. The minimum Gasteiger partial charge on any atom is -0.441 e. The number of carbonyl (C=O) groups is 1. The summed E-state index contributed by atoms with van der Waals surface area (Å²) in [5.41, 5.74) is 6.82. The SMILES string of the molecule is CC1(CN)CCN(C(=O)CCc2ncc(-c3ccccc3Br)o2)C1.Cl.Cl. The predicted octanol–water partition coefficient (Wildman–Crippen LogP) is 4.08. The van der Waals surface area contributed by atoms with Crippen molar-refractivity contribution >= 4 is 46.7 Å². The Labute approximate surface area is 174 Å². The average molecular weight is 465 g/mol. The average Bonchev–Trinajstić information content (AvgIpc) is 3.21. The van der Waals surface area contributed by atoms with Crippen LogP contribution in [0.5, 0.6) is 0 Å². The van der Waals surface area contributed by atoms with Gasteiger partial charge in [-0.3, -0.25) is 4.79 Å². The molecule has 1 aliphatic rings. The molecule has 1 amide bonds. The number of amides is 1. The van der Waals surface area contributed by atoms with Crippen LogP contribution in [-0.4, -0.2) is 35.4 Å². The number of hydrogen-bond acceptors (Lipinski definition) is 4. The molecule has 2 N–H and O–H groups in total. The maximum absolute atomic E-state index is 12.4. The van der Waals surface area contributed by atoms with E-state index in [4.69, 9.17) is 10.2 Å². The Morgan fingerprint density at radius 2 is 2.12 bits per heavy atom. The molecule has 1 unspecified atom stereocenters. The highest BCUT2D eigenvalue weighted by Gasteiger charge is 2.34. The highest BCUT2D eigenvalue weighted by atomic mass is 79.9. The lowest BCUT2D eigenvalue weighted by Gasteiger charge is -2.22. The number of hydrogen-bond donors (Lipinski definition) is 1. The van der Waals surface area contributed by atoms with E-state index >= 15 is 0 Å². The molecule has 1 aromatic carbocycles. The Kier molecular flexibility index (Phi) is 8.60. The van der Waals surface area contributed by atoms with Crippen LogP contribution in [0.3, 0.4) is 0 Å². The Bertz CT molecular complexity index is 741. The van der Waals surface area contributed by atoms with Gasteiger partial charge in [0.15, 0.2) is 11.7 Å². The van der Waals surface area contributed by atoms with E-state index in [-0.39, 0.29) is 36.1 Å². The first-order chi connectivity index (χ1) is 11.5. The second-order valence-corrected chi connectivity index (χ2v) is 7.53. The van der Waals surface area contributed by atoms with Crippen LogP contribution >= 0.6 is 40.7 Å². The number of aromatic nitrogens is 1. The molecule has 8 heteroatoms. The normalized spacial score (nSPS) is 19.0. The lowest BCUT2D eigenvalue weighted by Crippen LogP contribution is -2.34. The van der Waals surface area contributed by atoms with E-state index < -0.39 is 0 Å². The van der Waals surface area contributed by atoms with Crippen molar-refractivity contribution in [3.05, 3.63) is 40.8 Å². The largest absolute Gasteiger partial charge is 0.441 e. The number of rotatable bonds is 5. The summed E-state index contributed by atoms with van der Waals surface area (Å²) >= 11 is 3.51. The first-order valence-corrected chi connectivity index (χ1v) is 8.97. The molecule has 1 saturated heterocycles. The number of benzene rings is 1. The highest BCUT2D eigenvalue weighted by molar-refractivity contribution is 9.10. The molecule has 0 spiro atoms. The fourth-order valence-corrected chi connectivity index (χ4v) is 3.47. The Morgan fingerprint density at radius 1 is 1.38 bits per heavy atom. The van der Waals surface area contributed by atoms with Gasteiger partial charge in [-0.05, 0) is 24.4 Å². The number of carbonyl (C=O) groups excluding carboxylic acids is 1. The first-order valence-electron chi connectivity index (χ1n) is 8.18. The molecule has 1 fully saturated rings. The summed E-state index contributed by atoms with van der Waals surface area (Å²) in [6.07, 6.45) is 3.61. The van der Waals surface area contributed by atoms with Crippen molar-refractivity contribution in [2.75, 3.05) is 19.6 Å². The predicted molar refractivity (Wildman–Crippen MR) is 111 cm³/mol. The number of nitrogens with zero attached hydrogens (tertiary/aromatic N) is 2. The van der Waals surface area contributed by atoms with Crippen LogP contribution in [0.4, 0.5) is 0 Å². The van der Waals surface area contributed by atoms with Crippen LogP contribution in [0.25, 0.3) is 11.3 Å². The maximum atomic E-state index is 12.4. The van der Waals surface area contributed by atoms with E-state index in [0.717, 1.165) is 29.5 Å². The molecule has 1 aliphatic heterocycles. The molecule has 0 aliphatic carbocycles. The van der Waals surface area contributed by atoms with E-state index in [0.29, 0.717) is 31.0 Å². The number of likely N-dealkylation sites (tertiary alicyclic amines) is 1. The van der Waals surface area contributed by atoms with E-state index in [1.165, 1.54) is 0 Å². The zero-order valence-electron chi connectivity index (χ0n) is 14.6. The third-order valence-electron chi connectivity index (χ3n) is 4.65. The number of halogens is 3. The zero-order chi connectivity index (χ0) is 17.2. The summed E-state index contributed by atoms with van der Waals surface area (Å²) < 4.78 is 6.75. The topological polar surface area (TPSA) is 72.4 Å². The summed E-state index contributed by atoms with van der Waals surface area (Å²) in [5.74, 6) is 1.45. The van der Waals surface area contributed by atoms with Gasteiger partial charge in [0.05, 0.1) is 6.20 Å². The lowest BCUT2D eigenvalue weighted by molar-refractivity contribution is -0.130. The van der Waals surface area contributed by atoms with Gasteiger partial charge >= 0.3 is 0 Å². The van der Waals surface area contributed by atoms with Crippen molar-refractivity contribution in [1.29, 1.82) is 0 Å². The van der Waals surface area contributed by atoms with E-state index in [1.807, 2.05) is 29.2 Å².